The molecule has 1 aromatic rings. The Morgan fingerprint density at radius 2 is 2.08 bits per heavy atom. The van der Waals surface area contributed by atoms with Crippen molar-refractivity contribution in [1.29, 1.82) is 0 Å². The fourth-order valence-electron chi connectivity index (χ4n) is 3.04. The summed E-state index contributed by atoms with van der Waals surface area (Å²) in [5, 5.41) is 0. The summed E-state index contributed by atoms with van der Waals surface area (Å²) in [5.41, 5.74) is 0.377. The van der Waals surface area contributed by atoms with E-state index in [1.165, 1.54) is 10.6 Å². The summed E-state index contributed by atoms with van der Waals surface area (Å²) in [4.78, 5) is 0. The van der Waals surface area contributed by atoms with Crippen molar-refractivity contribution in [2.24, 2.45) is 0 Å². The van der Waals surface area contributed by atoms with Crippen LogP contribution in [0.1, 0.15) is 38.8 Å². The van der Waals surface area contributed by atoms with Gasteiger partial charge >= 0.3 is 0 Å². The highest BCUT2D eigenvalue weighted by Gasteiger charge is 2.40. The van der Waals surface area contributed by atoms with Crippen LogP contribution in [0.3, 0.4) is 0 Å². The maximum absolute atomic E-state index is 12.4. The molecule has 0 amide bonds. The molecule has 0 saturated carbocycles. The summed E-state index contributed by atoms with van der Waals surface area (Å²) >= 11 is 0. The number of rotatable bonds is 7. The van der Waals surface area contributed by atoms with E-state index in [9.17, 15) is 8.42 Å². The molecular weight excluding hydrogens is 330 g/mol. The minimum absolute atomic E-state index is 0.300. The van der Waals surface area contributed by atoms with Gasteiger partial charge in [0.25, 0.3) is 0 Å². The predicted molar refractivity (Wildman–Crippen MR) is 93.1 cm³/mol. The molecular formula is C17H27NO5S. The lowest BCUT2D eigenvalue weighted by molar-refractivity contribution is 0.0455. The van der Waals surface area contributed by atoms with Crippen LogP contribution in [0.4, 0.5) is 0 Å². The SMILES string of the molecule is CCOc1ccc2c(c1)C(N(CCOC)S(C)(=O)=O)CC(C)(C)O2. The normalized spacial score (nSPS) is 19.7. The largest absolute Gasteiger partial charge is 0.494 e. The topological polar surface area (TPSA) is 65.1 Å². The predicted octanol–water partition coefficient (Wildman–Crippen LogP) is 2.60. The number of ether oxygens (including phenoxy) is 3. The number of hydrogen-bond acceptors (Lipinski definition) is 5. The van der Waals surface area contributed by atoms with E-state index in [0.717, 1.165) is 5.56 Å². The molecule has 1 atom stereocenters. The van der Waals surface area contributed by atoms with Gasteiger partial charge in [0.1, 0.15) is 17.1 Å². The zero-order valence-corrected chi connectivity index (χ0v) is 15.9. The minimum Gasteiger partial charge on any atom is -0.494 e. The molecule has 24 heavy (non-hydrogen) atoms. The van der Waals surface area contributed by atoms with Crippen LogP contribution < -0.4 is 9.47 Å². The highest BCUT2D eigenvalue weighted by molar-refractivity contribution is 7.88. The first kappa shape index (κ1) is 19.0. The average molecular weight is 357 g/mol. The average Bonchev–Trinajstić information content (AvgIpc) is 2.46. The lowest BCUT2D eigenvalue weighted by Gasteiger charge is -2.41. The Bertz CT molecular complexity index is 672. The molecule has 6 nitrogen and oxygen atoms in total. The van der Waals surface area contributed by atoms with Crippen LogP contribution in [0.15, 0.2) is 18.2 Å². The van der Waals surface area contributed by atoms with Gasteiger partial charge in [-0.2, -0.15) is 4.31 Å². The standard InChI is InChI=1S/C17H27NO5S/c1-6-22-13-7-8-16-14(11-13)15(12-17(2,3)23-16)18(9-10-21-4)24(5,19)20/h7-8,11,15H,6,9-10,12H2,1-5H3. The Morgan fingerprint density at radius 3 is 2.67 bits per heavy atom. The van der Waals surface area contributed by atoms with Crippen molar-refractivity contribution in [3.8, 4) is 11.5 Å². The van der Waals surface area contributed by atoms with E-state index in [1.807, 2.05) is 39.0 Å². The van der Waals surface area contributed by atoms with Crippen LogP contribution in [0, 0.1) is 0 Å². The highest BCUT2D eigenvalue weighted by Crippen LogP contribution is 2.44. The first-order valence-electron chi connectivity index (χ1n) is 8.09. The molecule has 0 aromatic heterocycles. The van der Waals surface area contributed by atoms with E-state index in [0.29, 0.717) is 37.7 Å². The molecule has 1 aliphatic rings. The Kier molecular flexibility index (Phi) is 5.78. The second kappa shape index (κ2) is 7.29. The van der Waals surface area contributed by atoms with Gasteiger partial charge in [-0.25, -0.2) is 8.42 Å². The number of nitrogens with zero attached hydrogens (tertiary/aromatic N) is 1. The van der Waals surface area contributed by atoms with Gasteiger partial charge in [0.15, 0.2) is 0 Å². The first-order chi connectivity index (χ1) is 11.2. The molecule has 7 heteroatoms. The number of hydrogen-bond donors (Lipinski definition) is 0. The second-order valence-corrected chi connectivity index (χ2v) is 8.52. The maximum Gasteiger partial charge on any atom is 0.211 e. The molecule has 1 heterocycles. The van der Waals surface area contributed by atoms with E-state index >= 15 is 0 Å². The van der Waals surface area contributed by atoms with Crippen molar-refractivity contribution >= 4 is 10.0 Å². The van der Waals surface area contributed by atoms with Gasteiger partial charge in [0.05, 0.1) is 25.5 Å². The minimum atomic E-state index is -3.40. The second-order valence-electron chi connectivity index (χ2n) is 6.58. The lowest BCUT2D eigenvalue weighted by atomic mass is 9.89. The zero-order valence-electron chi connectivity index (χ0n) is 15.0. The summed E-state index contributed by atoms with van der Waals surface area (Å²) in [5.74, 6) is 1.41. The Balaban J connectivity index is 2.49. The van der Waals surface area contributed by atoms with Crippen LogP contribution in [0.25, 0.3) is 0 Å². The number of fused-ring (bicyclic) bond motifs is 1. The van der Waals surface area contributed by atoms with E-state index in [2.05, 4.69) is 0 Å². The zero-order chi connectivity index (χ0) is 18.0. The van der Waals surface area contributed by atoms with Crippen molar-refractivity contribution in [3.63, 3.8) is 0 Å². The smallest absolute Gasteiger partial charge is 0.211 e. The molecule has 2 rings (SSSR count). The summed E-state index contributed by atoms with van der Waals surface area (Å²) < 4.78 is 42.9. The van der Waals surface area contributed by atoms with Crippen LogP contribution in [-0.4, -0.2) is 51.4 Å². The molecule has 0 N–H and O–H groups in total. The Hall–Kier alpha value is -1.31. The van der Waals surface area contributed by atoms with Crippen molar-refractivity contribution in [2.75, 3.05) is 33.1 Å². The molecule has 1 aliphatic heterocycles. The lowest BCUT2D eigenvalue weighted by Crippen LogP contribution is -2.44. The molecule has 0 saturated heterocycles. The van der Waals surface area contributed by atoms with Gasteiger partial charge in [-0.05, 0) is 39.0 Å². The molecule has 0 aliphatic carbocycles. The fourth-order valence-corrected chi connectivity index (χ4v) is 4.10. The van der Waals surface area contributed by atoms with Gasteiger partial charge in [0.2, 0.25) is 10.0 Å². The third-order valence-corrected chi connectivity index (χ3v) is 5.30. The third kappa shape index (κ3) is 4.40. The highest BCUT2D eigenvalue weighted by atomic mass is 32.2. The molecule has 0 fully saturated rings. The van der Waals surface area contributed by atoms with Crippen molar-refractivity contribution in [1.82, 2.24) is 4.31 Å². The van der Waals surface area contributed by atoms with Gasteiger partial charge < -0.3 is 14.2 Å². The van der Waals surface area contributed by atoms with Gasteiger partial charge in [-0.1, -0.05) is 0 Å². The van der Waals surface area contributed by atoms with E-state index in [1.54, 1.807) is 7.11 Å². The monoisotopic (exact) mass is 357 g/mol. The fraction of sp³-hybridized carbons (Fsp3) is 0.647. The van der Waals surface area contributed by atoms with Crippen LogP contribution in [0.2, 0.25) is 0 Å². The van der Waals surface area contributed by atoms with Gasteiger partial charge in [0, 0.05) is 25.6 Å². The van der Waals surface area contributed by atoms with E-state index in [-0.39, 0.29) is 6.04 Å². The quantitative estimate of drug-likeness (QED) is 0.750. The summed E-state index contributed by atoms with van der Waals surface area (Å²) in [6.45, 7) is 7.04. The maximum atomic E-state index is 12.4. The molecule has 1 unspecified atom stereocenters. The van der Waals surface area contributed by atoms with Crippen molar-refractivity contribution in [2.45, 2.75) is 38.8 Å². The van der Waals surface area contributed by atoms with Gasteiger partial charge in [-0.15, -0.1) is 0 Å². The third-order valence-electron chi connectivity index (χ3n) is 4.01. The van der Waals surface area contributed by atoms with E-state index in [4.69, 9.17) is 14.2 Å². The molecule has 0 radical (unpaired) electrons. The number of sulfonamides is 1. The summed E-state index contributed by atoms with van der Waals surface area (Å²) in [7, 11) is -1.83. The first-order valence-corrected chi connectivity index (χ1v) is 9.94. The number of methoxy groups -OCH3 is 1. The van der Waals surface area contributed by atoms with Crippen molar-refractivity contribution in [3.05, 3.63) is 23.8 Å². The van der Waals surface area contributed by atoms with Crippen LogP contribution in [0.5, 0.6) is 11.5 Å². The number of benzene rings is 1. The molecule has 136 valence electrons. The van der Waals surface area contributed by atoms with Crippen molar-refractivity contribution < 1.29 is 22.6 Å². The van der Waals surface area contributed by atoms with E-state index < -0.39 is 15.6 Å². The molecule has 0 bridgehead atoms. The molecule has 1 aromatic carbocycles. The van der Waals surface area contributed by atoms with Crippen LogP contribution in [-0.2, 0) is 14.8 Å². The van der Waals surface area contributed by atoms with Gasteiger partial charge in [-0.3, -0.25) is 0 Å². The summed E-state index contributed by atoms with van der Waals surface area (Å²) in [6.07, 6.45) is 1.80. The Morgan fingerprint density at radius 1 is 1.38 bits per heavy atom. The van der Waals surface area contributed by atoms with Crippen LogP contribution >= 0.6 is 0 Å². The summed E-state index contributed by atoms with van der Waals surface area (Å²) in [6, 6.07) is 5.27. The Labute approximate surface area is 144 Å². The molecule has 0 spiro atoms.